The van der Waals surface area contributed by atoms with Crippen LogP contribution in [0.1, 0.15) is 81.8 Å². The summed E-state index contributed by atoms with van der Waals surface area (Å²) < 4.78 is 0. The minimum atomic E-state index is -0.0670. The summed E-state index contributed by atoms with van der Waals surface area (Å²) in [5.74, 6) is 0.926. The Balaban J connectivity index is 1.79. The minimum absolute atomic E-state index is 0.0670. The van der Waals surface area contributed by atoms with Crippen LogP contribution in [-0.4, -0.2) is 35.5 Å². The van der Waals surface area contributed by atoms with E-state index in [4.69, 9.17) is 0 Å². The lowest BCUT2D eigenvalue weighted by atomic mass is 9.63. The number of hydrogen-bond acceptors (Lipinski definition) is 2. The van der Waals surface area contributed by atoms with Crippen molar-refractivity contribution < 1.29 is 4.79 Å². The van der Waals surface area contributed by atoms with Gasteiger partial charge < -0.3 is 5.32 Å². The molecule has 2 heterocycles. The highest BCUT2D eigenvalue weighted by Crippen LogP contribution is 2.52. The lowest BCUT2D eigenvalue weighted by molar-refractivity contribution is -0.123. The van der Waals surface area contributed by atoms with Crippen molar-refractivity contribution in [3.8, 4) is 0 Å². The summed E-state index contributed by atoms with van der Waals surface area (Å²) in [5.41, 5.74) is 2.67. The van der Waals surface area contributed by atoms with Gasteiger partial charge in [-0.1, -0.05) is 87.4 Å². The second kappa shape index (κ2) is 9.99. The molecule has 2 aromatic rings. The molecule has 1 aliphatic carbocycles. The molecular formula is C28H38N2O. The highest BCUT2D eigenvalue weighted by molar-refractivity contribution is 5.79. The monoisotopic (exact) mass is 418 g/mol. The molecule has 5 rings (SSSR count). The number of unbranched alkanes of at least 4 members (excludes halogenated alkanes) is 2. The van der Waals surface area contributed by atoms with Gasteiger partial charge in [0.25, 0.3) is 0 Å². The third-order valence-electron chi connectivity index (χ3n) is 7.57. The van der Waals surface area contributed by atoms with Gasteiger partial charge in [-0.25, -0.2) is 0 Å². The fourth-order valence-electron chi connectivity index (χ4n) is 6.02. The van der Waals surface area contributed by atoms with Crippen LogP contribution in [0.3, 0.4) is 0 Å². The standard InChI is InChI=1S/C28H38N2O/c1-3-5-17-30(18-6-4-2)28-19-24(22-13-9-7-10-14-22)27(29-26(31)21-28)25(20-28)23-15-11-8-12-16-23/h7-16,24-25,27H,3-6,17-21H2,1-2H3,(H,29,31). The van der Waals surface area contributed by atoms with Gasteiger partial charge in [0.2, 0.25) is 5.91 Å². The predicted octanol–water partition coefficient (Wildman–Crippen LogP) is 5.88. The quantitative estimate of drug-likeness (QED) is 0.552. The van der Waals surface area contributed by atoms with Crippen LogP contribution in [0.4, 0.5) is 0 Å². The Morgan fingerprint density at radius 1 is 0.839 bits per heavy atom. The van der Waals surface area contributed by atoms with Crippen molar-refractivity contribution in [2.45, 2.75) is 82.2 Å². The van der Waals surface area contributed by atoms with E-state index in [1.807, 2.05) is 0 Å². The maximum atomic E-state index is 13.2. The van der Waals surface area contributed by atoms with Gasteiger partial charge in [-0.2, -0.15) is 0 Å². The smallest absolute Gasteiger partial charge is 0.222 e. The van der Waals surface area contributed by atoms with Gasteiger partial charge in [0.1, 0.15) is 0 Å². The maximum absolute atomic E-state index is 13.2. The Labute approximate surface area is 188 Å². The van der Waals surface area contributed by atoms with Crippen molar-refractivity contribution in [3.63, 3.8) is 0 Å². The normalized spacial score (nSPS) is 27.8. The van der Waals surface area contributed by atoms with E-state index in [1.165, 1.54) is 36.8 Å². The van der Waals surface area contributed by atoms with E-state index in [0.29, 0.717) is 18.3 Å². The van der Waals surface area contributed by atoms with E-state index in [-0.39, 0.29) is 17.5 Å². The summed E-state index contributed by atoms with van der Waals surface area (Å²) in [5, 5.41) is 3.49. The summed E-state index contributed by atoms with van der Waals surface area (Å²) in [6, 6.07) is 22.0. The molecule has 31 heavy (non-hydrogen) atoms. The first-order valence-corrected chi connectivity index (χ1v) is 12.3. The van der Waals surface area contributed by atoms with Gasteiger partial charge in [0.15, 0.2) is 0 Å². The molecule has 1 N–H and O–H groups in total. The molecule has 3 aliphatic rings. The third-order valence-corrected chi connectivity index (χ3v) is 7.57. The molecule has 3 heteroatoms. The molecule has 3 nitrogen and oxygen atoms in total. The fourth-order valence-corrected chi connectivity index (χ4v) is 6.02. The van der Waals surface area contributed by atoms with Crippen LogP contribution in [0.25, 0.3) is 0 Å². The molecule has 2 atom stereocenters. The largest absolute Gasteiger partial charge is 0.352 e. The predicted molar refractivity (Wildman–Crippen MR) is 128 cm³/mol. The lowest BCUT2D eigenvalue weighted by Gasteiger charge is -2.51. The van der Waals surface area contributed by atoms with E-state index >= 15 is 0 Å². The first-order valence-electron chi connectivity index (χ1n) is 12.3. The zero-order valence-corrected chi connectivity index (χ0v) is 19.2. The number of nitrogens with zero attached hydrogens (tertiary/aromatic N) is 1. The number of benzene rings is 2. The number of amides is 1. The van der Waals surface area contributed by atoms with Crippen LogP contribution in [0, 0.1) is 0 Å². The molecule has 2 aliphatic heterocycles. The first-order chi connectivity index (χ1) is 15.2. The van der Waals surface area contributed by atoms with Crippen molar-refractivity contribution in [1.82, 2.24) is 10.2 Å². The van der Waals surface area contributed by atoms with E-state index < -0.39 is 0 Å². The molecule has 0 radical (unpaired) electrons. The highest BCUT2D eigenvalue weighted by atomic mass is 16.1. The number of carbonyl (C=O) groups excluding carboxylic acids is 1. The molecule has 2 unspecified atom stereocenters. The Morgan fingerprint density at radius 2 is 1.32 bits per heavy atom. The molecule has 1 amide bonds. The van der Waals surface area contributed by atoms with Gasteiger partial charge in [-0.3, -0.25) is 9.69 Å². The van der Waals surface area contributed by atoms with Crippen molar-refractivity contribution in [2.24, 2.45) is 0 Å². The van der Waals surface area contributed by atoms with Crippen LogP contribution >= 0.6 is 0 Å². The second-order valence-corrected chi connectivity index (χ2v) is 9.63. The molecule has 166 valence electrons. The Morgan fingerprint density at radius 3 is 1.77 bits per heavy atom. The molecular weight excluding hydrogens is 380 g/mol. The number of fused-ring (bicyclic) bond motifs is 4. The zero-order valence-electron chi connectivity index (χ0n) is 19.2. The van der Waals surface area contributed by atoms with Crippen LogP contribution in [-0.2, 0) is 4.79 Å². The number of hydrogen-bond donors (Lipinski definition) is 1. The maximum Gasteiger partial charge on any atom is 0.222 e. The number of carbonyl (C=O) groups is 1. The second-order valence-electron chi connectivity index (χ2n) is 9.63. The average molecular weight is 419 g/mol. The summed E-state index contributed by atoms with van der Waals surface area (Å²) in [7, 11) is 0. The molecule has 0 spiro atoms. The van der Waals surface area contributed by atoms with Gasteiger partial charge in [0.05, 0.1) is 0 Å². The average Bonchev–Trinajstić information content (AvgIpc) is 3.05. The van der Waals surface area contributed by atoms with Crippen LogP contribution < -0.4 is 5.32 Å². The number of nitrogens with one attached hydrogen (secondary N) is 1. The molecule has 3 fully saturated rings. The van der Waals surface area contributed by atoms with E-state index in [1.54, 1.807) is 0 Å². The van der Waals surface area contributed by atoms with Crippen molar-refractivity contribution in [2.75, 3.05) is 13.1 Å². The van der Waals surface area contributed by atoms with E-state index in [2.05, 4.69) is 84.7 Å². The molecule has 2 bridgehead atoms. The Hall–Kier alpha value is -2.13. The summed E-state index contributed by atoms with van der Waals surface area (Å²) in [6.45, 7) is 6.73. The lowest BCUT2D eigenvalue weighted by Crippen LogP contribution is -2.55. The number of rotatable bonds is 9. The zero-order chi connectivity index (χ0) is 21.7. The molecule has 1 saturated carbocycles. The summed E-state index contributed by atoms with van der Waals surface area (Å²) >= 11 is 0. The van der Waals surface area contributed by atoms with Gasteiger partial charge in [0, 0.05) is 29.8 Å². The minimum Gasteiger partial charge on any atom is -0.352 e. The Kier molecular flexibility index (Phi) is 7.12. The van der Waals surface area contributed by atoms with Crippen LogP contribution in [0.2, 0.25) is 0 Å². The van der Waals surface area contributed by atoms with Crippen molar-refractivity contribution >= 4 is 5.91 Å². The third kappa shape index (κ3) is 4.72. The SMILES string of the molecule is CCCCN(CCCC)C12CC(=O)NC(C(c3ccccc3)C1)C(c1ccccc1)C2. The highest BCUT2D eigenvalue weighted by Gasteiger charge is 2.53. The van der Waals surface area contributed by atoms with Crippen LogP contribution in [0.15, 0.2) is 60.7 Å². The van der Waals surface area contributed by atoms with E-state index in [0.717, 1.165) is 25.9 Å². The summed E-state index contributed by atoms with van der Waals surface area (Å²) in [6.07, 6.45) is 7.54. The summed E-state index contributed by atoms with van der Waals surface area (Å²) in [4.78, 5) is 15.9. The first kappa shape index (κ1) is 22.1. The van der Waals surface area contributed by atoms with Crippen molar-refractivity contribution in [1.29, 1.82) is 0 Å². The van der Waals surface area contributed by atoms with Gasteiger partial charge >= 0.3 is 0 Å². The van der Waals surface area contributed by atoms with Gasteiger partial charge in [-0.05, 0) is 49.9 Å². The van der Waals surface area contributed by atoms with E-state index in [9.17, 15) is 4.79 Å². The molecule has 0 aromatic heterocycles. The van der Waals surface area contributed by atoms with Crippen LogP contribution in [0.5, 0.6) is 0 Å². The van der Waals surface area contributed by atoms with Crippen molar-refractivity contribution in [3.05, 3.63) is 71.8 Å². The Bertz CT molecular complexity index is 777. The topological polar surface area (TPSA) is 32.3 Å². The molecule has 2 saturated heterocycles. The molecule has 2 aromatic carbocycles. The fraction of sp³-hybridized carbons (Fsp3) is 0.536. The van der Waals surface area contributed by atoms with Gasteiger partial charge in [-0.15, -0.1) is 0 Å².